The molecule has 0 spiro atoms. The van der Waals surface area contributed by atoms with E-state index in [1.54, 1.807) is 7.11 Å². The van der Waals surface area contributed by atoms with Crippen LogP contribution >= 0.6 is 0 Å². The Morgan fingerprint density at radius 1 is 1.21 bits per heavy atom. The average molecular weight is 268 g/mol. The summed E-state index contributed by atoms with van der Waals surface area (Å²) in [6, 6.07) is 0.877. The van der Waals surface area contributed by atoms with Crippen LogP contribution in [0.3, 0.4) is 0 Å². The first-order valence-electron chi connectivity index (χ1n) is 6.68. The van der Waals surface area contributed by atoms with E-state index in [4.69, 9.17) is 9.15 Å². The number of anilines is 1. The molecular weight excluding hydrogens is 244 g/mol. The zero-order chi connectivity index (χ0) is 14.1. The van der Waals surface area contributed by atoms with Gasteiger partial charge in [-0.1, -0.05) is 32.8 Å². The largest absolute Gasteiger partial charge is 0.407 e. The summed E-state index contributed by atoms with van der Waals surface area (Å²) in [6.45, 7) is 11.0. The maximum Gasteiger partial charge on any atom is 0.315 e. The molecule has 0 unspecified atom stereocenters. The number of nitrogens with zero attached hydrogens (tertiary/aromatic N) is 2. The van der Waals surface area contributed by atoms with Gasteiger partial charge in [-0.3, -0.25) is 0 Å². The zero-order valence-electron chi connectivity index (χ0n) is 12.4. The highest BCUT2D eigenvalue weighted by molar-refractivity contribution is 5.33. The van der Waals surface area contributed by atoms with E-state index in [9.17, 15) is 0 Å². The van der Waals surface area contributed by atoms with E-state index in [-0.39, 0.29) is 10.8 Å². The quantitative estimate of drug-likeness (QED) is 0.733. The van der Waals surface area contributed by atoms with E-state index in [0.29, 0.717) is 31.1 Å². The van der Waals surface area contributed by atoms with Gasteiger partial charge in [0, 0.05) is 19.7 Å². The van der Waals surface area contributed by atoms with Gasteiger partial charge in [-0.2, -0.15) is 0 Å². The van der Waals surface area contributed by atoms with Crippen molar-refractivity contribution in [2.45, 2.75) is 40.3 Å². The van der Waals surface area contributed by atoms with Crippen LogP contribution in [-0.4, -0.2) is 36.5 Å². The van der Waals surface area contributed by atoms with Gasteiger partial charge in [-0.25, -0.2) is 0 Å². The van der Waals surface area contributed by atoms with Crippen molar-refractivity contribution in [3.05, 3.63) is 5.89 Å². The molecule has 1 aromatic rings. The van der Waals surface area contributed by atoms with Crippen LogP contribution < -0.4 is 10.6 Å². The molecule has 0 saturated heterocycles. The lowest BCUT2D eigenvalue weighted by atomic mass is 10.0. The summed E-state index contributed by atoms with van der Waals surface area (Å²) in [6.07, 6.45) is 0. The molecule has 6 heteroatoms. The monoisotopic (exact) mass is 268 g/mol. The number of aromatic nitrogens is 2. The van der Waals surface area contributed by atoms with E-state index in [0.717, 1.165) is 6.54 Å². The van der Waals surface area contributed by atoms with Crippen molar-refractivity contribution in [1.82, 2.24) is 15.5 Å². The molecule has 0 aliphatic heterocycles. The Kier molecular flexibility index (Phi) is 3.82. The van der Waals surface area contributed by atoms with Crippen molar-refractivity contribution < 1.29 is 9.15 Å². The Bertz CT molecular complexity index is 414. The standard InChI is InChI=1S/C13H24N4O2/c1-12(2)10(13(12,3)4)15-11-17-16-9(19-11)8-14-6-7-18-5/h10,14H,6-8H2,1-5H3,(H,15,17). The number of hydrogen-bond acceptors (Lipinski definition) is 6. The third-order valence-electron chi connectivity index (χ3n) is 4.51. The number of ether oxygens (including phenoxy) is 1. The van der Waals surface area contributed by atoms with Gasteiger partial charge in [0.1, 0.15) is 0 Å². The van der Waals surface area contributed by atoms with Crippen LogP contribution in [0, 0.1) is 10.8 Å². The summed E-state index contributed by atoms with van der Waals surface area (Å²) in [5.41, 5.74) is 0.497. The first-order chi connectivity index (χ1) is 8.89. The normalized spacial score (nSPS) is 20.5. The van der Waals surface area contributed by atoms with Gasteiger partial charge in [0.05, 0.1) is 13.2 Å². The molecule has 2 rings (SSSR count). The highest BCUT2D eigenvalue weighted by atomic mass is 16.5. The molecule has 1 aliphatic carbocycles. The van der Waals surface area contributed by atoms with Gasteiger partial charge >= 0.3 is 6.01 Å². The van der Waals surface area contributed by atoms with Crippen LogP contribution in [-0.2, 0) is 11.3 Å². The van der Waals surface area contributed by atoms with Crippen LogP contribution in [0.4, 0.5) is 6.01 Å². The van der Waals surface area contributed by atoms with Crippen molar-refractivity contribution in [2.24, 2.45) is 10.8 Å². The molecule has 1 aliphatic rings. The van der Waals surface area contributed by atoms with Gasteiger partial charge in [-0.15, -0.1) is 5.10 Å². The molecule has 1 heterocycles. The minimum Gasteiger partial charge on any atom is -0.407 e. The van der Waals surface area contributed by atoms with Crippen molar-refractivity contribution in [3.63, 3.8) is 0 Å². The Labute approximate surface area is 114 Å². The summed E-state index contributed by atoms with van der Waals surface area (Å²) in [4.78, 5) is 0. The Hall–Kier alpha value is -1.14. The molecule has 6 nitrogen and oxygen atoms in total. The fourth-order valence-electron chi connectivity index (χ4n) is 2.43. The predicted octanol–water partition coefficient (Wildman–Crippen LogP) is 1.65. The number of rotatable bonds is 7. The molecule has 1 aromatic heterocycles. The summed E-state index contributed by atoms with van der Waals surface area (Å²) in [7, 11) is 1.68. The van der Waals surface area contributed by atoms with E-state index in [1.807, 2.05) is 0 Å². The minimum atomic E-state index is 0.248. The molecule has 0 radical (unpaired) electrons. The second kappa shape index (κ2) is 5.09. The summed E-state index contributed by atoms with van der Waals surface area (Å²) < 4.78 is 10.5. The van der Waals surface area contributed by atoms with Crippen LogP contribution in [0.1, 0.15) is 33.6 Å². The Morgan fingerprint density at radius 3 is 2.47 bits per heavy atom. The predicted molar refractivity (Wildman–Crippen MR) is 72.9 cm³/mol. The maximum atomic E-state index is 5.56. The van der Waals surface area contributed by atoms with Crippen LogP contribution in [0.5, 0.6) is 0 Å². The van der Waals surface area contributed by atoms with Crippen molar-refractivity contribution in [3.8, 4) is 0 Å². The van der Waals surface area contributed by atoms with E-state index in [1.165, 1.54) is 0 Å². The second-order valence-corrected chi connectivity index (χ2v) is 6.19. The molecular formula is C13H24N4O2. The lowest BCUT2D eigenvalue weighted by Crippen LogP contribution is -2.18. The average Bonchev–Trinajstić information content (AvgIpc) is 2.73. The topological polar surface area (TPSA) is 72.2 Å². The first kappa shape index (κ1) is 14.3. The van der Waals surface area contributed by atoms with Crippen molar-refractivity contribution in [2.75, 3.05) is 25.6 Å². The molecule has 108 valence electrons. The maximum absolute atomic E-state index is 5.56. The molecule has 2 N–H and O–H groups in total. The SMILES string of the molecule is COCCNCc1nnc(NC2C(C)(C)C2(C)C)o1. The molecule has 19 heavy (non-hydrogen) atoms. The van der Waals surface area contributed by atoms with Crippen LogP contribution in [0.2, 0.25) is 0 Å². The van der Waals surface area contributed by atoms with Gasteiger partial charge < -0.3 is 19.8 Å². The highest BCUT2D eigenvalue weighted by Gasteiger charge is 2.65. The van der Waals surface area contributed by atoms with Gasteiger partial charge in [0.2, 0.25) is 5.89 Å². The van der Waals surface area contributed by atoms with Crippen molar-refractivity contribution in [1.29, 1.82) is 0 Å². The fraction of sp³-hybridized carbons (Fsp3) is 0.846. The van der Waals surface area contributed by atoms with Gasteiger partial charge in [0.25, 0.3) is 0 Å². The van der Waals surface area contributed by atoms with Gasteiger partial charge in [0.15, 0.2) is 0 Å². The smallest absolute Gasteiger partial charge is 0.315 e. The molecule has 0 aromatic carbocycles. The van der Waals surface area contributed by atoms with Crippen LogP contribution in [0.15, 0.2) is 4.42 Å². The van der Waals surface area contributed by atoms with E-state index in [2.05, 4.69) is 48.5 Å². The van der Waals surface area contributed by atoms with Crippen molar-refractivity contribution >= 4 is 6.01 Å². The first-order valence-corrected chi connectivity index (χ1v) is 6.68. The minimum absolute atomic E-state index is 0.248. The summed E-state index contributed by atoms with van der Waals surface area (Å²) in [5.74, 6) is 0.592. The number of nitrogens with one attached hydrogen (secondary N) is 2. The van der Waals surface area contributed by atoms with E-state index >= 15 is 0 Å². The third-order valence-corrected chi connectivity index (χ3v) is 4.51. The molecule has 0 atom stereocenters. The fourth-order valence-corrected chi connectivity index (χ4v) is 2.43. The zero-order valence-corrected chi connectivity index (χ0v) is 12.4. The summed E-state index contributed by atoms with van der Waals surface area (Å²) in [5, 5.41) is 14.5. The highest BCUT2D eigenvalue weighted by Crippen LogP contribution is 2.63. The number of hydrogen-bond donors (Lipinski definition) is 2. The third kappa shape index (κ3) is 2.74. The second-order valence-electron chi connectivity index (χ2n) is 6.19. The van der Waals surface area contributed by atoms with Gasteiger partial charge in [-0.05, 0) is 10.8 Å². The molecule has 1 saturated carbocycles. The summed E-state index contributed by atoms with van der Waals surface area (Å²) >= 11 is 0. The Morgan fingerprint density at radius 2 is 1.89 bits per heavy atom. The number of methoxy groups -OCH3 is 1. The molecule has 0 bridgehead atoms. The van der Waals surface area contributed by atoms with Crippen LogP contribution in [0.25, 0.3) is 0 Å². The lowest BCUT2D eigenvalue weighted by molar-refractivity contribution is 0.198. The van der Waals surface area contributed by atoms with E-state index < -0.39 is 0 Å². The molecule has 0 amide bonds. The Balaban J connectivity index is 1.82. The molecule has 1 fully saturated rings. The lowest BCUT2D eigenvalue weighted by Gasteiger charge is -2.02.